The zero-order chi connectivity index (χ0) is 13.7. The van der Waals surface area contributed by atoms with Gasteiger partial charge in [0, 0.05) is 20.3 Å². The Labute approximate surface area is 105 Å². The molecule has 0 aliphatic carbocycles. The summed E-state index contributed by atoms with van der Waals surface area (Å²) in [5.74, 6) is -0.867. The van der Waals surface area contributed by atoms with Gasteiger partial charge in [0.05, 0.1) is 11.6 Å². The van der Waals surface area contributed by atoms with Crippen LogP contribution < -0.4 is 5.32 Å². The minimum atomic E-state index is -0.576. The molecular weight excluding hydrogens is 238 g/mol. The van der Waals surface area contributed by atoms with Crippen molar-refractivity contribution in [1.29, 1.82) is 0 Å². The summed E-state index contributed by atoms with van der Waals surface area (Å²) in [5, 5.41) is 21.3. The van der Waals surface area contributed by atoms with Crippen molar-refractivity contribution in [1.82, 2.24) is 5.32 Å². The summed E-state index contributed by atoms with van der Waals surface area (Å²) < 4.78 is 10.0. The third kappa shape index (κ3) is 3.35. The molecule has 1 unspecified atom stereocenters. The number of aromatic hydroxyl groups is 2. The van der Waals surface area contributed by atoms with E-state index >= 15 is 0 Å². The summed E-state index contributed by atoms with van der Waals surface area (Å²) in [7, 11) is 2.93. The molecule has 0 bridgehead atoms. The Kier molecular flexibility index (Phi) is 4.94. The van der Waals surface area contributed by atoms with Crippen LogP contribution in [-0.4, -0.2) is 42.7 Å². The van der Waals surface area contributed by atoms with Crippen molar-refractivity contribution in [3.63, 3.8) is 0 Å². The molecule has 3 N–H and O–H groups in total. The SMILES string of the molecule is COC(OC)C(C)NC(=O)c1ccc(O)cc1O. The fourth-order valence-corrected chi connectivity index (χ4v) is 1.57. The Bertz CT molecular complexity index is 417. The Morgan fingerprint density at radius 2 is 1.89 bits per heavy atom. The largest absolute Gasteiger partial charge is 0.508 e. The van der Waals surface area contributed by atoms with E-state index in [9.17, 15) is 9.90 Å². The van der Waals surface area contributed by atoms with Gasteiger partial charge in [-0.25, -0.2) is 0 Å². The lowest BCUT2D eigenvalue weighted by atomic mass is 10.1. The van der Waals surface area contributed by atoms with Crippen LogP contribution in [0.4, 0.5) is 0 Å². The molecule has 0 radical (unpaired) electrons. The fraction of sp³-hybridized carbons (Fsp3) is 0.417. The van der Waals surface area contributed by atoms with Gasteiger partial charge < -0.3 is 25.0 Å². The predicted molar refractivity (Wildman–Crippen MR) is 64.5 cm³/mol. The number of carbonyl (C=O) groups excluding carboxylic acids is 1. The summed E-state index contributed by atoms with van der Waals surface area (Å²) in [4.78, 5) is 11.9. The van der Waals surface area contributed by atoms with Gasteiger partial charge in [-0.3, -0.25) is 4.79 Å². The third-order valence-electron chi connectivity index (χ3n) is 2.46. The van der Waals surface area contributed by atoms with Crippen LogP contribution in [0.15, 0.2) is 18.2 Å². The predicted octanol–water partition coefficient (Wildman–Crippen LogP) is 0.835. The van der Waals surface area contributed by atoms with Crippen LogP contribution >= 0.6 is 0 Å². The first-order valence-corrected chi connectivity index (χ1v) is 5.38. The van der Waals surface area contributed by atoms with Crippen LogP contribution in [0, 0.1) is 0 Å². The van der Waals surface area contributed by atoms with E-state index in [2.05, 4.69) is 5.32 Å². The number of ether oxygens (including phenoxy) is 2. The Morgan fingerprint density at radius 3 is 2.39 bits per heavy atom. The van der Waals surface area contributed by atoms with Crippen molar-refractivity contribution in [2.75, 3.05) is 14.2 Å². The number of amides is 1. The van der Waals surface area contributed by atoms with E-state index in [0.717, 1.165) is 6.07 Å². The second-order valence-corrected chi connectivity index (χ2v) is 3.80. The van der Waals surface area contributed by atoms with Crippen molar-refractivity contribution in [2.45, 2.75) is 19.3 Å². The molecule has 1 atom stereocenters. The molecule has 1 rings (SSSR count). The van der Waals surface area contributed by atoms with Crippen LogP contribution in [0.3, 0.4) is 0 Å². The zero-order valence-electron chi connectivity index (χ0n) is 10.5. The molecule has 0 aliphatic heterocycles. The monoisotopic (exact) mass is 255 g/mol. The van der Waals surface area contributed by atoms with Gasteiger partial charge in [0.25, 0.3) is 5.91 Å². The minimum Gasteiger partial charge on any atom is -0.508 e. The first-order chi connectivity index (χ1) is 8.49. The smallest absolute Gasteiger partial charge is 0.255 e. The second-order valence-electron chi connectivity index (χ2n) is 3.80. The molecule has 0 saturated carbocycles. The molecule has 0 aromatic heterocycles. The highest BCUT2D eigenvalue weighted by atomic mass is 16.7. The van der Waals surface area contributed by atoms with E-state index < -0.39 is 12.2 Å². The third-order valence-corrected chi connectivity index (χ3v) is 2.46. The van der Waals surface area contributed by atoms with Crippen molar-refractivity contribution < 1.29 is 24.5 Å². The normalized spacial score (nSPS) is 12.4. The maximum absolute atomic E-state index is 11.9. The Hall–Kier alpha value is -1.79. The molecule has 1 amide bonds. The molecule has 6 heteroatoms. The summed E-state index contributed by atoms with van der Waals surface area (Å²) in [6, 6.07) is 3.37. The number of carbonyl (C=O) groups is 1. The van der Waals surface area contributed by atoms with Gasteiger partial charge in [-0.15, -0.1) is 0 Å². The highest BCUT2D eigenvalue weighted by Gasteiger charge is 2.20. The molecule has 100 valence electrons. The van der Waals surface area contributed by atoms with Gasteiger partial charge >= 0.3 is 0 Å². The van der Waals surface area contributed by atoms with E-state index in [1.54, 1.807) is 6.92 Å². The van der Waals surface area contributed by atoms with Crippen molar-refractivity contribution in [2.24, 2.45) is 0 Å². The van der Waals surface area contributed by atoms with Crippen LogP contribution in [0.2, 0.25) is 0 Å². The molecule has 18 heavy (non-hydrogen) atoms. The first kappa shape index (κ1) is 14.3. The number of benzene rings is 1. The van der Waals surface area contributed by atoms with E-state index in [1.807, 2.05) is 0 Å². The highest BCUT2D eigenvalue weighted by Crippen LogP contribution is 2.22. The maximum Gasteiger partial charge on any atom is 0.255 e. The first-order valence-electron chi connectivity index (χ1n) is 5.38. The lowest BCUT2D eigenvalue weighted by Crippen LogP contribution is -2.42. The van der Waals surface area contributed by atoms with Gasteiger partial charge in [-0.05, 0) is 19.1 Å². The van der Waals surface area contributed by atoms with Crippen molar-refractivity contribution >= 4 is 5.91 Å². The van der Waals surface area contributed by atoms with Gasteiger partial charge in [0.15, 0.2) is 6.29 Å². The summed E-state index contributed by atoms with van der Waals surface area (Å²) in [6.45, 7) is 1.72. The molecule has 0 saturated heterocycles. The molecular formula is C12H17NO5. The van der Waals surface area contributed by atoms with Crippen LogP contribution in [0.5, 0.6) is 11.5 Å². The van der Waals surface area contributed by atoms with Crippen molar-refractivity contribution in [3.8, 4) is 11.5 Å². The quantitative estimate of drug-likeness (QED) is 0.678. The van der Waals surface area contributed by atoms with E-state index in [0.29, 0.717) is 0 Å². The van der Waals surface area contributed by atoms with Crippen LogP contribution in [0.25, 0.3) is 0 Å². The van der Waals surface area contributed by atoms with Crippen LogP contribution in [-0.2, 0) is 9.47 Å². The number of nitrogens with one attached hydrogen (secondary N) is 1. The zero-order valence-corrected chi connectivity index (χ0v) is 10.5. The van der Waals surface area contributed by atoms with Crippen LogP contribution in [0.1, 0.15) is 17.3 Å². The number of rotatable bonds is 5. The molecule has 0 fully saturated rings. The van der Waals surface area contributed by atoms with E-state index in [1.165, 1.54) is 26.4 Å². The lowest BCUT2D eigenvalue weighted by Gasteiger charge is -2.22. The molecule has 0 spiro atoms. The Balaban J connectivity index is 2.76. The van der Waals surface area contributed by atoms with E-state index in [4.69, 9.17) is 14.6 Å². The average Bonchev–Trinajstić information content (AvgIpc) is 2.30. The maximum atomic E-state index is 11.9. The molecule has 6 nitrogen and oxygen atoms in total. The topological polar surface area (TPSA) is 88.0 Å². The van der Waals surface area contributed by atoms with Gasteiger partial charge in [0.2, 0.25) is 0 Å². The highest BCUT2D eigenvalue weighted by molar-refractivity contribution is 5.97. The summed E-state index contributed by atoms with van der Waals surface area (Å²) >= 11 is 0. The summed E-state index contributed by atoms with van der Waals surface area (Å²) in [5.41, 5.74) is 0.0746. The van der Waals surface area contributed by atoms with Gasteiger partial charge in [-0.1, -0.05) is 0 Å². The van der Waals surface area contributed by atoms with Gasteiger partial charge in [-0.2, -0.15) is 0 Å². The molecule has 1 aromatic rings. The average molecular weight is 255 g/mol. The number of hydrogen-bond donors (Lipinski definition) is 3. The van der Waals surface area contributed by atoms with Gasteiger partial charge in [0.1, 0.15) is 11.5 Å². The number of phenolic OH excluding ortho intramolecular Hbond substituents is 2. The minimum absolute atomic E-state index is 0.0746. The fourth-order valence-electron chi connectivity index (χ4n) is 1.57. The van der Waals surface area contributed by atoms with E-state index in [-0.39, 0.29) is 23.1 Å². The molecule has 0 heterocycles. The number of hydrogen-bond acceptors (Lipinski definition) is 5. The molecule has 1 aromatic carbocycles. The number of methoxy groups -OCH3 is 2. The Morgan fingerprint density at radius 1 is 1.28 bits per heavy atom. The number of phenols is 2. The standard InChI is InChI=1S/C12H17NO5/c1-7(12(17-2)18-3)13-11(16)9-5-4-8(14)6-10(9)15/h4-7,12,14-15H,1-3H3,(H,13,16). The lowest BCUT2D eigenvalue weighted by molar-refractivity contribution is -0.117. The molecule has 0 aliphatic rings. The summed E-state index contributed by atoms with van der Waals surface area (Å²) in [6.07, 6.45) is -0.576. The second kappa shape index (κ2) is 6.23. The van der Waals surface area contributed by atoms with Crippen molar-refractivity contribution in [3.05, 3.63) is 23.8 Å².